The number of ether oxygens (including phenoxy) is 1. The molecule has 1 aliphatic rings. The van der Waals surface area contributed by atoms with Crippen molar-refractivity contribution in [2.75, 3.05) is 20.2 Å². The van der Waals surface area contributed by atoms with Gasteiger partial charge in [-0.1, -0.05) is 23.7 Å². The highest BCUT2D eigenvalue weighted by atomic mass is 35.5. The van der Waals surface area contributed by atoms with Gasteiger partial charge in [0.1, 0.15) is 12.4 Å². The van der Waals surface area contributed by atoms with Crippen molar-refractivity contribution < 1.29 is 9.53 Å². The van der Waals surface area contributed by atoms with Gasteiger partial charge in [0.2, 0.25) is 5.91 Å². The minimum absolute atomic E-state index is 0.00140. The van der Waals surface area contributed by atoms with E-state index in [4.69, 9.17) is 22.1 Å². The lowest BCUT2D eigenvalue weighted by Gasteiger charge is -2.39. The van der Waals surface area contributed by atoms with Crippen LogP contribution in [0.4, 0.5) is 0 Å². The first kappa shape index (κ1) is 14.2. The molecule has 0 spiro atoms. The summed E-state index contributed by atoms with van der Waals surface area (Å²) in [5, 5.41) is 0.575. The third-order valence-electron chi connectivity index (χ3n) is 3.54. The molecule has 4 nitrogen and oxygen atoms in total. The lowest BCUT2D eigenvalue weighted by molar-refractivity contribution is -0.139. The number of hydrogen-bond acceptors (Lipinski definition) is 3. The second kappa shape index (κ2) is 5.80. The molecule has 1 fully saturated rings. The van der Waals surface area contributed by atoms with Crippen molar-refractivity contribution >= 4 is 17.5 Å². The molecule has 0 atom stereocenters. The fraction of sp³-hybridized carbons (Fsp3) is 0.500. The predicted molar refractivity (Wildman–Crippen MR) is 75.4 cm³/mol. The Morgan fingerprint density at radius 2 is 2.16 bits per heavy atom. The Balaban J connectivity index is 1.79. The lowest BCUT2D eigenvalue weighted by atomic mass is 9.77. The van der Waals surface area contributed by atoms with Gasteiger partial charge in [0.15, 0.2) is 0 Å². The second-order valence-electron chi connectivity index (χ2n) is 5.02. The average Bonchev–Trinajstić information content (AvgIpc) is 2.37. The smallest absolute Gasteiger partial charge is 0.242 e. The summed E-state index contributed by atoms with van der Waals surface area (Å²) >= 11 is 5.98. The Morgan fingerprint density at radius 3 is 2.74 bits per heavy atom. The third kappa shape index (κ3) is 3.19. The number of carbonyl (C=O) groups excluding carboxylic acids is 1. The number of halogens is 1. The van der Waals surface area contributed by atoms with E-state index in [0.29, 0.717) is 23.9 Å². The fourth-order valence-electron chi connectivity index (χ4n) is 2.11. The van der Waals surface area contributed by atoms with Gasteiger partial charge in [-0.25, -0.2) is 0 Å². The van der Waals surface area contributed by atoms with Crippen LogP contribution in [0.1, 0.15) is 19.3 Å². The summed E-state index contributed by atoms with van der Waals surface area (Å²) in [6.45, 7) is 0.908. The maximum atomic E-state index is 12.1. The summed E-state index contributed by atoms with van der Waals surface area (Å²) < 4.78 is 5.56. The van der Waals surface area contributed by atoms with Crippen LogP contribution in [0, 0.1) is 0 Å². The standard InChI is InChI=1S/C14H19ClN2O2/c1-17(13(18)14(16)7-4-8-14)9-10-19-12-6-3-2-5-11(12)15/h2-3,5-6H,4,7-10,16H2,1H3. The van der Waals surface area contributed by atoms with Crippen LogP contribution in [0.25, 0.3) is 0 Å². The molecule has 0 aromatic heterocycles. The average molecular weight is 283 g/mol. The van der Waals surface area contributed by atoms with Crippen molar-refractivity contribution in [2.45, 2.75) is 24.8 Å². The van der Waals surface area contributed by atoms with E-state index in [1.54, 1.807) is 24.1 Å². The number of rotatable bonds is 5. The van der Waals surface area contributed by atoms with Gasteiger partial charge in [0.25, 0.3) is 0 Å². The zero-order valence-corrected chi connectivity index (χ0v) is 11.8. The van der Waals surface area contributed by atoms with Crippen LogP contribution in [0.15, 0.2) is 24.3 Å². The number of likely N-dealkylation sites (N-methyl/N-ethyl adjacent to an activating group) is 1. The molecule has 0 aliphatic heterocycles. The van der Waals surface area contributed by atoms with Crippen LogP contribution < -0.4 is 10.5 Å². The first-order chi connectivity index (χ1) is 9.03. The monoisotopic (exact) mass is 282 g/mol. The molecule has 1 amide bonds. The van der Waals surface area contributed by atoms with Crippen molar-refractivity contribution in [3.63, 3.8) is 0 Å². The summed E-state index contributed by atoms with van der Waals surface area (Å²) in [5.41, 5.74) is 5.36. The number of nitrogens with zero attached hydrogens (tertiary/aromatic N) is 1. The Morgan fingerprint density at radius 1 is 1.47 bits per heavy atom. The van der Waals surface area contributed by atoms with Crippen LogP contribution >= 0.6 is 11.6 Å². The number of para-hydroxylation sites is 1. The highest BCUT2D eigenvalue weighted by Gasteiger charge is 2.41. The highest BCUT2D eigenvalue weighted by molar-refractivity contribution is 6.32. The minimum atomic E-state index is -0.640. The fourth-order valence-corrected chi connectivity index (χ4v) is 2.30. The van der Waals surface area contributed by atoms with E-state index < -0.39 is 5.54 Å². The van der Waals surface area contributed by atoms with Crippen molar-refractivity contribution in [1.82, 2.24) is 4.90 Å². The molecule has 0 radical (unpaired) electrons. The van der Waals surface area contributed by atoms with Crippen molar-refractivity contribution in [3.05, 3.63) is 29.3 Å². The number of hydrogen-bond donors (Lipinski definition) is 1. The topological polar surface area (TPSA) is 55.6 Å². The van der Waals surface area contributed by atoms with Crippen LogP contribution in [0.5, 0.6) is 5.75 Å². The van der Waals surface area contributed by atoms with Crippen LogP contribution in [0.2, 0.25) is 5.02 Å². The van der Waals surface area contributed by atoms with Crippen molar-refractivity contribution in [3.8, 4) is 5.75 Å². The molecule has 19 heavy (non-hydrogen) atoms. The van der Waals surface area contributed by atoms with Gasteiger partial charge in [-0.05, 0) is 31.4 Å². The minimum Gasteiger partial charge on any atom is -0.490 e. The molecule has 0 bridgehead atoms. The molecule has 1 aliphatic carbocycles. The second-order valence-corrected chi connectivity index (χ2v) is 5.42. The largest absolute Gasteiger partial charge is 0.490 e. The van der Waals surface area contributed by atoms with Gasteiger partial charge in [-0.15, -0.1) is 0 Å². The van der Waals surface area contributed by atoms with Crippen LogP contribution in [0.3, 0.4) is 0 Å². The zero-order chi connectivity index (χ0) is 13.9. The molecule has 1 saturated carbocycles. The highest BCUT2D eigenvalue weighted by Crippen LogP contribution is 2.30. The Kier molecular flexibility index (Phi) is 4.32. The summed E-state index contributed by atoms with van der Waals surface area (Å²) in [4.78, 5) is 13.7. The van der Waals surface area contributed by atoms with E-state index in [-0.39, 0.29) is 5.91 Å². The summed E-state index contributed by atoms with van der Waals surface area (Å²) in [6, 6.07) is 7.29. The molecular weight excluding hydrogens is 264 g/mol. The van der Waals surface area contributed by atoms with E-state index in [1.807, 2.05) is 12.1 Å². The SMILES string of the molecule is CN(CCOc1ccccc1Cl)C(=O)C1(N)CCC1. The zero-order valence-electron chi connectivity index (χ0n) is 11.1. The van der Waals surface area contributed by atoms with Crippen LogP contribution in [-0.2, 0) is 4.79 Å². The molecule has 0 heterocycles. The maximum absolute atomic E-state index is 12.1. The Labute approximate surface area is 118 Å². The van der Waals surface area contributed by atoms with Crippen molar-refractivity contribution in [2.24, 2.45) is 5.73 Å². The van der Waals surface area contributed by atoms with Gasteiger partial charge in [-0.3, -0.25) is 4.79 Å². The van der Waals surface area contributed by atoms with Gasteiger partial charge in [0.05, 0.1) is 17.1 Å². The third-order valence-corrected chi connectivity index (χ3v) is 3.85. The number of benzene rings is 1. The molecule has 5 heteroatoms. The van der Waals surface area contributed by atoms with Gasteiger partial charge in [0, 0.05) is 7.05 Å². The van der Waals surface area contributed by atoms with E-state index >= 15 is 0 Å². The number of amides is 1. The summed E-state index contributed by atoms with van der Waals surface area (Å²) in [5.74, 6) is 0.637. The van der Waals surface area contributed by atoms with Gasteiger partial charge >= 0.3 is 0 Å². The first-order valence-corrected chi connectivity index (χ1v) is 6.82. The maximum Gasteiger partial charge on any atom is 0.242 e. The molecule has 1 aromatic rings. The first-order valence-electron chi connectivity index (χ1n) is 6.45. The van der Waals surface area contributed by atoms with Gasteiger partial charge in [-0.2, -0.15) is 0 Å². The summed E-state index contributed by atoms with van der Waals surface area (Å²) in [6.07, 6.45) is 2.59. The number of carbonyl (C=O) groups is 1. The van der Waals surface area contributed by atoms with E-state index in [2.05, 4.69) is 0 Å². The predicted octanol–water partition coefficient (Wildman–Crippen LogP) is 2.06. The summed E-state index contributed by atoms with van der Waals surface area (Å²) in [7, 11) is 1.76. The van der Waals surface area contributed by atoms with Crippen LogP contribution in [-0.4, -0.2) is 36.5 Å². The van der Waals surface area contributed by atoms with Crippen molar-refractivity contribution in [1.29, 1.82) is 0 Å². The van der Waals surface area contributed by atoms with Gasteiger partial charge < -0.3 is 15.4 Å². The molecule has 104 valence electrons. The molecule has 0 saturated heterocycles. The normalized spacial score (nSPS) is 16.6. The molecule has 2 rings (SSSR count). The van der Waals surface area contributed by atoms with E-state index in [9.17, 15) is 4.79 Å². The molecular formula is C14H19ClN2O2. The Bertz CT molecular complexity index is 461. The van der Waals surface area contributed by atoms with E-state index in [1.165, 1.54) is 0 Å². The molecule has 1 aromatic carbocycles. The lowest BCUT2D eigenvalue weighted by Crippen LogP contribution is -2.59. The Hall–Kier alpha value is -1.26. The number of nitrogens with two attached hydrogens (primary N) is 1. The quantitative estimate of drug-likeness (QED) is 0.899. The molecule has 0 unspecified atom stereocenters. The van der Waals surface area contributed by atoms with E-state index in [0.717, 1.165) is 19.3 Å². The molecule has 2 N–H and O–H groups in total.